The van der Waals surface area contributed by atoms with Crippen molar-refractivity contribution in [1.29, 1.82) is 0 Å². The van der Waals surface area contributed by atoms with Crippen LogP contribution in [0.15, 0.2) is 95.8 Å². The molecule has 3 heteroatoms. The lowest BCUT2D eigenvalue weighted by atomic mass is 10.1. The zero-order valence-corrected chi connectivity index (χ0v) is 16.6. The Morgan fingerprint density at radius 2 is 1.50 bits per heavy atom. The summed E-state index contributed by atoms with van der Waals surface area (Å²) in [6.45, 7) is 2.07. The van der Waals surface area contributed by atoms with Gasteiger partial charge in [-0.25, -0.2) is 4.98 Å². The van der Waals surface area contributed by atoms with E-state index in [2.05, 4.69) is 31.2 Å². The SMILES string of the molecule is Cc1ccccc1C=Cc1nc2ccccc2c(=O)n1-c1ccc2ccccc2c1. The lowest BCUT2D eigenvalue weighted by Gasteiger charge is -2.12. The van der Waals surface area contributed by atoms with E-state index >= 15 is 0 Å². The highest BCUT2D eigenvalue weighted by molar-refractivity contribution is 5.85. The first-order chi connectivity index (χ1) is 14.7. The molecular formula is C27H20N2O. The summed E-state index contributed by atoms with van der Waals surface area (Å²) in [5.41, 5.74) is 3.71. The van der Waals surface area contributed by atoms with E-state index < -0.39 is 0 Å². The van der Waals surface area contributed by atoms with Crippen LogP contribution in [0.3, 0.4) is 0 Å². The zero-order valence-electron chi connectivity index (χ0n) is 16.6. The van der Waals surface area contributed by atoms with E-state index in [1.165, 1.54) is 5.56 Å². The van der Waals surface area contributed by atoms with Gasteiger partial charge in [-0.2, -0.15) is 0 Å². The van der Waals surface area contributed by atoms with Gasteiger partial charge >= 0.3 is 0 Å². The predicted molar refractivity (Wildman–Crippen MR) is 125 cm³/mol. The first kappa shape index (κ1) is 18.1. The number of nitrogens with zero attached hydrogens (tertiary/aromatic N) is 2. The Kier molecular flexibility index (Phi) is 4.49. The summed E-state index contributed by atoms with van der Waals surface area (Å²) in [5, 5.41) is 2.84. The Balaban J connectivity index is 1.76. The Morgan fingerprint density at radius 3 is 2.37 bits per heavy atom. The second-order valence-electron chi connectivity index (χ2n) is 7.35. The zero-order chi connectivity index (χ0) is 20.5. The van der Waals surface area contributed by atoms with Crippen LogP contribution in [-0.2, 0) is 0 Å². The van der Waals surface area contributed by atoms with Gasteiger partial charge in [0.05, 0.1) is 16.6 Å². The summed E-state index contributed by atoms with van der Waals surface area (Å²) < 4.78 is 1.70. The Hall–Kier alpha value is -3.98. The average molecular weight is 388 g/mol. The maximum Gasteiger partial charge on any atom is 0.266 e. The van der Waals surface area contributed by atoms with Gasteiger partial charge in [0.15, 0.2) is 0 Å². The van der Waals surface area contributed by atoms with E-state index in [0.717, 1.165) is 22.0 Å². The molecule has 0 N–H and O–H groups in total. The van der Waals surface area contributed by atoms with Crippen molar-refractivity contribution >= 4 is 33.8 Å². The average Bonchev–Trinajstić information content (AvgIpc) is 2.78. The topological polar surface area (TPSA) is 34.9 Å². The monoisotopic (exact) mass is 388 g/mol. The molecule has 0 radical (unpaired) electrons. The van der Waals surface area contributed by atoms with Crippen LogP contribution >= 0.6 is 0 Å². The fraction of sp³-hybridized carbons (Fsp3) is 0.0370. The van der Waals surface area contributed by atoms with E-state index in [-0.39, 0.29) is 5.56 Å². The minimum atomic E-state index is -0.0692. The van der Waals surface area contributed by atoms with E-state index in [4.69, 9.17) is 4.98 Å². The molecule has 0 bridgehead atoms. The standard InChI is InChI=1S/C27H20N2O/c1-19-8-2-3-9-20(19)15-17-26-28-25-13-7-6-12-24(25)27(30)29(26)23-16-14-21-10-4-5-11-22(21)18-23/h2-18H,1H3. The molecule has 4 aromatic carbocycles. The summed E-state index contributed by atoms with van der Waals surface area (Å²) in [7, 11) is 0. The Morgan fingerprint density at radius 1 is 0.767 bits per heavy atom. The molecule has 0 amide bonds. The van der Waals surface area contributed by atoms with Gasteiger partial charge in [0.2, 0.25) is 0 Å². The lowest BCUT2D eigenvalue weighted by molar-refractivity contribution is 0.946. The van der Waals surface area contributed by atoms with Crippen molar-refractivity contribution < 1.29 is 0 Å². The predicted octanol–water partition coefficient (Wildman–Crippen LogP) is 6.02. The minimum absolute atomic E-state index is 0.0692. The molecule has 30 heavy (non-hydrogen) atoms. The van der Waals surface area contributed by atoms with Gasteiger partial charge in [-0.15, -0.1) is 0 Å². The van der Waals surface area contributed by atoms with Crippen molar-refractivity contribution in [3.8, 4) is 5.69 Å². The van der Waals surface area contributed by atoms with Crippen LogP contribution in [0.1, 0.15) is 17.0 Å². The van der Waals surface area contributed by atoms with Crippen LogP contribution in [0.4, 0.5) is 0 Å². The number of rotatable bonds is 3. The first-order valence-corrected chi connectivity index (χ1v) is 9.95. The molecule has 0 atom stereocenters. The van der Waals surface area contributed by atoms with Gasteiger partial charge in [0, 0.05) is 0 Å². The van der Waals surface area contributed by atoms with Crippen LogP contribution < -0.4 is 5.56 Å². The van der Waals surface area contributed by atoms with Crippen molar-refractivity contribution in [3.05, 3.63) is 118 Å². The van der Waals surface area contributed by atoms with Crippen molar-refractivity contribution in [2.75, 3.05) is 0 Å². The van der Waals surface area contributed by atoms with Gasteiger partial charge < -0.3 is 0 Å². The maximum atomic E-state index is 13.5. The minimum Gasteiger partial charge on any atom is -0.268 e. The number of aryl methyl sites for hydroxylation is 1. The number of hydrogen-bond donors (Lipinski definition) is 0. The molecule has 0 aliphatic carbocycles. The van der Waals surface area contributed by atoms with Gasteiger partial charge in [-0.1, -0.05) is 72.8 Å². The fourth-order valence-electron chi connectivity index (χ4n) is 3.77. The number of fused-ring (bicyclic) bond motifs is 2. The molecule has 0 unspecified atom stereocenters. The summed E-state index contributed by atoms with van der Waals surface area (Å²) in [5.74, 6) is 0.609. The Bertz CT molecular complexity index is 1480. The first-order valence-electron chi connectivity index (χ1n) is 9.95. The molecule has 5 aromatic rings. The van der Waals surface area contributed by atoms with Crippen molar-refractivity contribution in [3.63, 3.8) is 0 Å². The number of para-hydroxylation sites is 1. The maximum absolute atomic E-state index is 13.5. The van der Waals surface area contributed by atoms with Gasteiger partial charge in [0.1, 0.15) is 5.82 Å². The van der Waals surface area contributed by atoms with E-state index in [0.29, 0.717) is 16.7 Å². The second kappa shape index (κ2) is 7.45. The van der Waals surface area contributed by atoms with Crippen molar-refractivity contribution in [1.82, 2.24) is 9.55 Å². The molecule has 0 fully saturated rings. The summed E-state index contributed by atoms with van der Waals surface area (Å²) >= 11 is 0. The lowest BCUT2D eigenvalue weighted by Crippen LogP contribution is -2.22. The third-order valence-corrected chi connectivity index (χ3v) is 5.39. The molecule has 144 valence electrons. The quantitative estimate of drug-likeness (QED) is 0.379. The van der Waals surface area contributed by atoms with Crippen molar-refractivity contribution in [2.24, 2.45) is 0 Å². The number of benzene rings is 4. The van der Waals surface area contributed by atoms with Crippen LogP contribution in [0.25, 0.3) is 39.5 Å². The largest absolute Gasteiger partial charge is 0.268 e. The summed E-state index contributed by atoms with van der Waals surface area (Å²) in [6, 6.07) is 29.9. The molecule has 5 rings (SSSR count). The molecule has 0 spiro atoms. The molecule has 0 saturated heterocycles. The molecule has 3 nitrogen and oxygen atoms in total. The van der Waals surface area contributed by atoms with Crippen LogP contribution in [0.5, 0.6) is 0 Å². The Labute approximate surface area is 174 Å². The third kappa shape index (κ3) is 3.20. The van der Waals surface area contributed by atoms with E-state index in [1.807, 2.05) is 78.9 Å². The van der Waals surface area contributed by atoms with Crippen LogP contribution in [0, 0.1) is 6.92 Å². The summed E-state index contributed by atoms with van der Waals surface area (Å²) in [4.78, 5) is 18.3. The highest BCUT2D eigenvalue weighted by Gasteiger charge is 2.11. The molecule has 0 aliphatic heterocycles. The number of aromatic nitrogens is 2. The smallest absolute Gasteiger partial charge is 0.266 e. The van der Waals surface area contributed by atoms with E-state index in [1.54, 1.807) is 4.57 Å². The highest BCUT2D eigenvalue weighted by Crippen LogP contribution is 2.21. The van der Waals surface area contributed by atoms with E-state index in [9.17, 15) is 4.79 Å². The molecule has 0 aliphatic rings. The summed E-state index contributed by atoms with van der Waals surface area (Å²) in [6.07, 6.45) is 3.94. The molecule has 1 aromatic heterocycles. The van der Waals surface area contributed by atoms with Gasteiger partial charge in [0.25, 0.3) is 5.56 Å². The van der Waals surface area contributed by atoms with Crippen molar-refractivity contribution in [2.45, 2.75) is 6.92 Å². The molecular weight excluding hydrogens is 368 g/mol. The molecule has 0 saturated carbocycles. The normalized spacial score (nSPS) is 11.5. The van der Waals surface area contributed by atoms with Gasteiger partial charge in [-0.3, -0.25) is 9.36 Å². The molecule has 1 heterocycles. The third-order valence-electron chi connectivity index (χ3n) is 5.39. The fourth-order valence-corrected chi connectivity index (χ4v) is 3.77. The van der Waals surface area contributed by atoms with Gasteiger partial charge in [-0.05, 0) is 59.2 Å². The number of hydrogen-bond acceptors (Lipinski definition) is 2. The van der Waals surface area contributed by atoms with Crippen LogP contribution in [0.2, 0.25) is 0 Å². The van der Waals surface area contributed by atoms with Crippen LogP contribution in [-0.4, -0.2) is 9.55 Å². The highest BCUT2D eigenvalue weighted by atomic mass is 16.1. The second-order valence-corrected chi connectivity index (χ2v) is 7.35.